The molecule has 1 aliphatic heterocycles. The minimum absolute atomic E-state index is 0.193. The second-order valence-corrected chi connectivity index (χ2v) is 9.68. The molecule has 1 heterocycles. The van der Waals surface area contributed by atoms with Gasteiger partial charge in [-0.05, 0) is 36.6 Å². The summed E-state index contributed by atoms with van der Waals surface area (Å²) in [4.78, 5) is 46.7. The summed E-state index contributed by atoms with van der Waals surface area (Å²) in [5.41, 5.74) is 5.99. The van der Waals surface area contributed by atoms with Crippen molar-refractivity contribution in [2.45, 2.75) is 26.6 Å². The second kappa shape index (κ2) is 11.8. The normalized spacial score (nSPS) is 14.6. The zero-order chi connectivity index (χ0) is 28.1. The van der Waals surface area contributed by atoms with Crippen molar-refractivity contribution in [1.82, 2.24) is 10.6 Å². The van der Waals surface area contributed by atoms with E-state index in [4.69, 9.17) is 4.99 Å². The lowest BCUT2D eigenvalue weighted by atomic mass is 9.99. The van der Waals surface area contributed by atoms with Gasteiger partial charge in [0.2, 0.25) is 6.17 Å². The maximum Gasteiger partial charge on any atom is 0.317 e. The molecule has 7 nitrogen and oxygen atoms in total. The Bertz CT molecular complexity index is 1600. The predicted octanol–water partition coefficient (Wildman–Crippen LogP) is 5.20. The fourth-order valence-electron chi connectivity index (χ4n) is 4.79. The smallest absolute Gasteiger partial charge is 0.317 e. The Morgan fingerprint density at radius 2 is 1.45 bits per heavy atom. The van der Waals surface area contributed by atoms with E-state index in [1.165, 1.54) is 4.90 Å². The first-order valence-corrected chi connectivity index (χ1v) is 13.1. The van der Waals surface area contributed by atoms with Crippen LogP contribution in [0.25, 0.3) is 0 Å². The van der Waals surface area contributed by atoms with Gasteiger partial charge < -0.3 is 15.5 Å². The Morgan fingerprint density at radius 1 is 0.800 bits per heavy atom. The van der Waals surface area contributed by atoms with Crippen molar-refractivity contribution in [2.24, 2.45) is 4.99 Å². The minimum Gasteiger partial charge on any atom is -0.334 e. The van der Waals surface area contributed by atoms with Crippen LogP contribution in [0.4, 0.5) is 10.5 Å². The van der Waals surface area contributed by atoms with Crippen LogP contribution in [0, 0.1) is 13.8 Å². The fourth-order valence-corrected chi connectivity index (χ4v) is 4.79. The van der Waals surface area contributed by atoms with Crippen molar-refractivity contribution in [2.75, 3.05) is 11.4 Å². The van der Waals surface area contributed by atoms with Gasteiger partial charge >= 0.3 is 6.03 Å². The van der Waals surface area contributed by atoms with Gasteiger partial charge in [-0.25, -0.2) is 9.79 Å². The van der Waals surface area contributed by atoms with Gasteiger partial charge in [-0.15, -0.1) is 0 Å². The summed E-state index contributed by atoms with van der Waals surface area (Å²) in [5, 5.41) is 5.58. The summed E-state index contributed by atoms with van der Waals surface area (Å²) in [5.74, 6) is -0.696. The lowest BCUT2D eigenvalue weighted by Gasteiger charge is -2.25. The molecular weight excluding hydrogens is 500 g/mol. The number of fused-ring (bicyclic) bond motifs is 1. The van der Waals surface area contributed by atoms with Crippen LogP contribution in [0.5, 0.6) is 0 Å². The van der Waals surface area contributed by atoms with Crippen LogP contribution in [0.3, 0.4) is 0 Å². The Hall–Kier alpha value is -5.04. The molecule has 3 amide bonds. The average molecular weight is 531 g/mol. The number of aliphatic imine (C=N–C) groups is 1. The fraction of sp³-hybridized carbons (Fsp3) is 0.152. The standard InChI is InChI=1S/C33H30N4O3/c1-22-12-6-8-16-25(22)20-34-33(40)36-31-32(39)37(21-29(38)26-17-9-7-13-23(26)2)28-19-11-10-18-27(28)30(35-31)24-14-4-3-5-15-24/h3-19,31H,20-21H2,1-2H3,(H2,34,36,40)/t31-/m1/s1. The van der Waals surface area contributed by atoms with Crippen LogP contribution in [-0.4, -0.2) is 36.1 Å². The zero-order valence-corrected chi connectivity index (χ0v) is 22.4. The highest BCUT2D eigenvalue weighted by Crippen LogP contribution is 2.28. The number of ketones is 1. The van der Waals surface area contributed by atoms with Gasteiger partial charge in [-0.1, -0.05) is 97.1 Å². The first kappa shape index (κ1) is 26.6. The number of carbonyl (C=O) groups is 3. The number of rotatable bonds is 7. The average Bonchev–Trinajstić information content (AvgIpc) is 3.08. The number of hydrogen-bond donors (Lipinski definition) is 2. The molecule has 0 spiro atoms. The number of Topliss-reactive ketones (excluding diaryl/α,β-unsaturated/α-hetero) is 1. The van der Waals surface area contributed by atoms with Crippen LogP contribution in [0.15, 0.2) is 108 Å². The van der Waals surface area contributed by atoms with Crippen molar-refractivity contribution >= 4 is 29.1 Å². The van der Waals surface area contributed by atoms with Crippen molar-refractivity contribution in [3.63, 3.8) is 0 Å². The summed E-state index contributed by atoms with van der Waals surface area (Å²) >= 11 is 0. The molecule has 7 heteroatoms. The van der Waals surface area contributed by atoms with Gasteiger partial charge in [0.05, 0.1) is 17.9 Å². The number of nitrogens with zero attached hydrogens (tertiary/aromatic N) is 2. The molecule has 5 rings (SSSR count). The van der Waals surface area contributed by atoms with Gasteiger partial charge in [-0.2, -0.15) is 0 Å². The molecule has 0 aliphatic carbocycles. The molecule has 2 N–H and O–H groups in total. The van der Waals surface area contributed by atoms with Crippen molar-refractivity contribution in [3.05, 3.63) is 137 Å². The molecular formula is C33H30N4O3. The number of anilines is 1. The topological polar surface area (TPSA) is 90.9 Å². The highest BCUT2D eigenvalue weighted by molar-refractivity contribution is 6.21. The lowest BCUT2D eigenvalue weighted by molar-refractivity contribution is -0.120. The molecule has 0 bridgehead atoms. The van der Waals surface area contributed by atoms with Crippen LogP contribution in [-0.2, 0) is 11.3 Å². The van der Waals surface area contributed by atoms with E-state index in [1.807, 2.05) is 98.8 Å². The molecule has 4 aromatic rings. The van der Waals surface area contributed by atoms with E-state index < -0.39 is 18.1 Å². The molecule has 0 radical (unpaired) electrons. The van der Waals surface area contributed by atoms with Gasteiger partial charge in [0.15, 0.2) is 5.78 Å². The number of nitrogens with one attached hydrogen (secondary N) is 2. The number of para-hydroxylation sites is 1. The van der Waals surface area contributed by atoms with Crippen molar-refractivity contribution < 1.29 is 14.4 Å². The molecule has 0 aromatic heterocycles. The molecule has 40 heavy (non-hydrogen) atoms. The molecule has 0 saturated heterocycles. The highest BCUT2D eigenvalue weighted by Gasteiger charge is 2.34. The Kier molecular flexibility index (Phi) is 7.82. The van der Waals surface area contributed by atoms with Gasteiger partial charge in [0.1, 0.15) is 0 Å². The van der Waals surface area contributed by atoms with Gasteiger partial charge in [0.25, 0.3) is 5.91 Å². The minimum atomic E-state index is -1.25. The number of hydrogen-bond acceptors (Lipinski definition) is 4. The highest BCUT2D eigenvalue weighted by atomic mass is 16.2. The molecule has 4 aromatic carbocycles. The predicted molar refractivity (Wildman–Crippen MR) is 157 cm³/mol. The Labute approximate surface area is 233 Å². The first-order chi connectivity index (χ1) is 19.4. The monoisotopic (exact) mass is 530 g/mol. The van der Waals surface area contributed by atoms with Crippen LogP contribution in [0.1, 0.15) is 38.2 Å². The summed E-state index contributed by atoms with van der Waals surface area (Å²) in [7, 11) is 0. The van der Waals surface area contributed by atoms with Crippen molar-refractivity contribution in [3.8, 4) is 0 Å². The lowest BCUT2D eigenvalue weighted by Crippen LogP contribution is -2.51. The van der Waals surface area contributed by atoms with E-state index in [0.29, 0.717) is 29.1 Å². The number of benzodiazepines with no additional fused rings is 1. The van der Waals surface area contributed by atoms with Crippen LogP contribution < -0.4 is 15.5 Å². The maximum absolute atomic E-state index is 14.0. The van der Waals surface area contributed by atoms with Crippen molar-refractivity contribution in [1.29, 1.82) is 0 Å². The van der Waals surface area contributed by atoms with E-state index in [9.17, 15) is 14.4 Å². The number of amides is 3. The number of benzene rings is 4. The number of carbonyl (C=O) groups excluding carboxylic acids is 3. The van der Waals surface area contributed by atoms with E-state index >= 15 is 0 Å². The molecule has 1 atom stereocenters. The molecule has 1 aliphatic rings. The summed E-state index contributed by atoms with van der Waals surface area (Å²) in [6.45, 7) is 3.94. The number of aryl methyl sites for hydroxylation is 2. The van der Waals surface area contributed by atoms with E-state index in [0.717, 1.165) is 22.3 Å². The Morgan fingerprint density at radius 3 is 2.20 bits per heavy atom. The molecule has 200 valence electrons. The molecule has 0 saturated carbocycles. The third-order valence-electron chi connectivity index (χ3n) is 6.97. The van der Waals surface area contributed by atoms with Crippen LogP contribution in [0.2, 0.25) is 0 Å². The van der Waals surface area contributed by atoms with E-state index in [-0.39, 0.29) is 12.3 Å². The summed E-state index contributed by atoms with van der Waals surface area (Å²) in [6, 6.07) is 31.4. The van der Waals surface area contributed by atoms with Gasteiger partial charge in [-0.3, -0.25) is 9.59 Å². The van der Waals surface area contributed by atoms with Crippen LogP contribution >= 0.6 is 0 Å². The van der Waals surface area contributed by atoms with Gasteiger partial charge in [0, 0.05) is 23.2 Å². The van der Waals surface area contributed by atoms with E-state index in [1.54, 1.807) is 18.2 Å². The Balaban J connectivity index is 1.50. The zero-order valence-electron chi connectivity index (χ0n) is 22.4. The first-order valence-electron chi connectivity index (χ1n) is 13.1. The largest absolute Gasteiger partial charge is 0.334 e. The maximum atomic E-state index is 14.0. The summed E-state index contributed by atoms with van der Waals surface area (Å²) < 4.78 is 0. The van der Waals surface area contributed by atoms with E-state index in [2.05, 4.69) is 10.6 Å². The second-order valence-electron chi connectivity index (χ2n) is 9.68. The molecule has 0 fully saturated rings. The third-order valence-corrected chi connectivity index (χ3v) is 6.97. The summed E-state index contributed by atoms with van der Waals surface area (Å²) in [6.07, 6.45) is -1.25. The third kappa shape index (κ3) is 5.68. The SMILES string of the molecule is Cc1ccccc1CNC(=O)N[C@H]1N=C(c2ccccc2)c2ccccc2N(CC(=O)c2ccccc2C)C1=O. The molecule has 0 unspecified atom stereocenters. The quantitative estimate of drug-likeness (QED) is 0.322. The number of urea groups is 1.